The summed E-state index contributed by atoms with van der Waals surface area (Å²) < 4.78 is 15.3. The number of hydrazine groups is 2. The second-order valence-electron chi connectivity index (χ2n) is 11.7. The predicted molar refractivity (Wildman–Crippen MR) is 179 cm³/mol. The van der Waals surface area contributed by atoms with Gasteiger partial charge in [-0.3, -0.25) is 14.4 Å². The van der Waals surface area contributed by atoms with Crippen LogP contribution in [0.15, 0.2) is 65.8 Å². The molecule has 0 aromatic heterocycles. The third kappa shape index (κ3) is 6.60. The maximum Gasteiger partial charge on any atom is 0.335 e. The summed E-state index contributed by atoms with van der Waals surface area (Å²) in [5.74, 6) is -2.60. The SMILES string of the molecule is CC(=O)N1CCC(c2cccc3c2CCN(C(=O)/C=C/c2c(N4C=NNN4)ccc(Cl)c2F)C3C(=O)Nc2ccc(C(=O)O)cc2)CC1. The molecule has 1 saturated heterocycles. The van der Waals surface area contributed by atoms with Crippen molar-refractivity contribution in [2.75, 3.05) is 30.0 Å². The van der Waals surface area contributed by atoms with E-state index in [0.29, 0.717) is 36.4 Å². The number of likely N-dealkylation sites (tertiary alicyclic amines) is 1. The molecule has 1 atom stereocenters. The molecule has 3 aromatic carbocycles. The Labute approximate surface area is 280 Å². The summed E-state index contributed by atoms with van der Waals surface area (Å²) in [5.41, 5.74) is 8.85. The van der Waals surface area contributed by atoms with Gasteiger partial charge in [-0.05, 0) is 84.3 Å². The van der Waals surface area contributed by atoms with Crippen LogP contribution in [-0.4, -0.2) is 64.6 Å². The number of rotatable bonds is 7. The van der Waals surface area contributed by atoms with Gasteiger partial charge in [0, 0.05) is 43.9 Å². The molecule has 3 amide bonds. The minimum Gasteiger partial charge on any atom is -0.478 e. The lowest BCUT2D eigenvalue weighted by molar-refractivity contribution is -0.135. The van der Waals surface area contributed by atoms with Gasteiger partial charge >= 0.3 is 5.97 Å². The highest BCUT2D eigenvalue weighted by Crippen LogP contribution is 2.39. The molecule has 0 bridgehead atoms. The lowest BCUT2D eigenvalue weighted by atomic mass is 9.80. The number of fused-ring (bicyclic) bond motifs is 1. The highest BCUT2D eigenvalue weighted by Gasteiger charge is 2.37. The van der Waals surface area contributed by atoms with E-state index in [1.165, 1.54) is 58.7 Å². The Hall–Kier alpha value is -5.27. The number of benzene rings is 3. The summed E-state index contributed by atoms with van der Waals surface area (Å²) in [4.78, 5) is 54.5. The molecule has 3 heterocycles. The van der Waals surface area contributed by atoms with E-state index in [0.717, 1.165) is 24.0 Å². The number of halogens is 2. The molecule has 12 nitrogen and oxygen atoms in total. The van der Waals surface area contributed by atoms with Gasteiger partial charge in [0.05, 0.1) is 16.3 Å². The van der Waals surface area contributed by atoms with Crippen molar-refractivity contribution in [3.63, 3.8) is 0 Å². The molecular weight excluding hydrogens is 641 g/mol. The van der Waals surface area contributed by atoms with Crippen LogP contribution in [-0.2, 0) is 20.8 Å². The summed E-state index contributed by atoms with van der Waals surface area (Å²) in [6.07, 6.45) is 6.00. The van der Waals surface area contributed by atoms with E-state index in [-0.39, 0.29) is 34.5 Å². The second kappa shape index (κ2) is 13.8. The smallest absolute Gasteiger partial charge is 0.335 e. The molecular formula is C34H33ClFN7O5. The largest absolute Gasteiger partial charge is 0.478 e. The van der Waals surface area contributed by atoms with E-state index in [9.17, 15) is 24.3 Å². The quantitative estimate of drug-likeness (QED) is 0.269. The number of carboxylic acid groups (broad SMARTS) is 1. The lowest BCUT2D eigenvalue weighted by Gasteiger charge is -2.39. The number of nitrogens with one attached hydrogen (secondary N) is 3. The zero-order chi connectivity index (χ0) is 33.9. The average molecular weight is 674 g/mol. The highest BCUT2D eigenvalue weighted by atomic mass is 35.5. The molecule has 14 heteroatoms. The highest BCUT2D eigenvalue weighted by molar-refractivity contribution is 6.31. The monoisotopic (exact) mass is 673 g/mol. The minimum atomic E-state index is -1.09. The van der Waals surface area contributed by atoms with Crippen LogP contribution in [0.1, 0.15) is 64.3 Å². The number of hydrogen-bond acceptors (Lipinski definition) is 8. The summed E-state index contributed by atoms with van der Waals surface area (Å²) in [6, 6.07) is 13.5. The summed E-state index contributed by atoms with van der Waals surface area (Å²) in [7, 11) is 0. The van der Waals surface area contributed by atoms with Gasteiger partial charge in [-0.1, -0.05) is 29.8 Å². The number of carbonyl (C=O) groups is 4. The molecule has 0 spiro atoms. The summed E-state index contributed by atoms with van der Waals surface area (Å²) in [5, 5.41) is 17.3. The Morgan fingerprint density at radius 1 is 1.02 bits per heavy atom. The molecule has 3 aromatic rings. The Morgan fingerprint density at radius 3 is 2.42 bits per heavy atom. The van der Waals surface area contributed by atoms with Crippen LogP contribution in [0.2, 0.25) is 5.02 Å². The maximum absolute atomic E-state index is 15.3. The topological polar surface area (TPSA) is 147 Å². The maximum atomic E-state index is 15.3. The summed E-state index contributed by atoms with van der Waals surface area (Å²) >= 11 is 6.09. The van der Waals surface area contributed by atoms with Crippen LogP contribution in [0.25, 0.3) is 6.08 Å². The molecule has 6 rings (SSSR count). The first kappa shape index (κ1) is 32.7. The van der Waals surface area contributed by atoms with Crippen LogP contribution in [0, 0.1) is 5.82 Å². The normalized spacial score (nSPS) is 17.7. The van der Waals surface area contributed by atoms with Crippen molar-refractivity contribution in [3.8, 4) is 0 Å². The lowest BCUT2D eigenvalue weighted by Crippen LogP contribution is -2.45. The minimum absolute atomic E-state index is 0.0367. The van der Waals surface area contributed by atoms with Crippen molar-refractivity contribution < 1.29 is 28.7 Å². The Morgan fingerprint density at radius 2 is 1.75 bits per heavy atom. The predicted octanol–water partition coefficient (Wildman–Crippen LogP) is 4.45. The van der Waals surface area contributed by atoms with E-state index >= 15 is 4.39 Å². The Bertz CT molecular complexity index is 1820. The molecule has 48 heavy (non-hydrogen) atoms. The van der Waals surface area contributed by atoms with Gasteiger partial charge in [0.15, 0.2) is 5.82 Å². The van der Waals surface area contributed by atoms with Crippen LogP contribution < -0.4 is 21.4 Å². The van der Waals surface area contributed by atoms with Gasteiger partial charge < -0.3 is 20.2 Å². The van der Waals surface area contributed by atoms with Crippen molar-refractivity contribution in [2.24, 2.45) is 5.10 Å². The number of nitrogens with zero attached hydrogens (tertiary/aromatic N) is 4. The van der Waals surface area contributed by atoms with E-state index in [4.69, 9.17) is 11.6 Å². The van der Waals surface area contributed by atoms with Gasteiger partial charge in [0.25, 0.3) is 5.91 Å². The molecule has 3 aliphatic heterocycles. The van der Waals surface area contributed by atoms with E-state index < -0.39 is 29.6 Å². The number of piperidine rings is 1. The zero-order valence-electron chi connectivity index (χ0n) is 26.0. The first-order valence-electron chi connectivity index (χ1n) is 15.4. The van der Waals surface area contributed by atoms with E-state index in [1.54, 1.807) is 13.0 Å². The number of amides is 3. The average Bonchev–Trinajstić information content (AvgIpc) is 3.63. The molecule has 1 unspecified atom stereocenters. The van der Waals surface area contributed by atoms with E-state index in [2.05, 4.69) is 27.6 Å². The number of aromatic carboxylic acids is 1. The fraction of sp³-hybridized carbons (Fsp3) is 0.265. The van der Waals surface area contributed by atoms with Crippen molar-refractivity contribution >= 4 is 59.1 Å². The molecule has 0 radical (unpaired) electrons. The third-order valence-corrected chi connectivity index (χ3v) is 9.23. The molecule has 3 aliphatic rings. The number of anilines is 2. The first-order valence-corrected chi connectivity index (χ1v) is 15.8. The van der Waals surface area contributed by atoms with Crippen molar-refractivity contribution in [3.05, 3.63) is 99.3 Å². The van der Waals surface area contributed by atoms with Gasteiger partial charge in [0.1, 0.15) is 12.4 Å². The number of hydrogen-bond donors (Lipinski definition) is 4. The Balaban J connectivity index is 1.33. The fourth-order valence-corrected chi connectivity index (χ4v) is 6.67. The van der Waals surface area contributed by atoms with Gasteiger partial charge in [-0.2, -0.15) is 5.10 Å². The molecule has 1 fully saturated rings. The van der Waals surface area contributed by atoms with Gasteiger partial charge in [-0.15, -0.1) is 5.53 Å². The molecule has 0 saturated carbocycles. The molecule has 4 N–H and O–H groups in total. The van der Waals surface area contributed by atoms with Crippen LogP contribution >= 0.6 is 11.6 Å². The fourth-order valence-electron chi connectivity index (χ4n) is 6.51. The van der Waals surface area contributed by atoms with Gasteiger partial charge in [0.2, 0.25) is 11.8 Å². The van der Waals surface area contributed by atoms with Crippen LogP contribution in [0.3, 0.4) is 0 Å². The van der Waals surface area contributed by atoms with E-state index in [1.807, 2.05) is 17.0 Å². The van der Waals surface area contributed by atoms with Crippen molar-refractivity contribution in [2.45, 2.75) is 38.1 Å². The second-order valence-corrected chi connectivity index (χ2v) is 12.1. The van der Waals surface area contributed by atoms with Crippen LogP contribution in [0.5, 0.6) is 0 Å². The van der Waals surface area contributed by atoms with Crippen molar-refractivity contribution in [1.82, 2.24) is 20.9 Å². The zero-order valence-corrected chi connectivity index (χ0v) is 26.7. The third-order valence-electron chi connectivity index (χ3n) is 8.94. The van der Waals surface area contributed by atoms with Gasteiger partial charge in [-0.25, -0.2) is 19.7 Å². The molecule has 0 aliphatic carbocycles. The summed E-state index contributed by atoms with van der Waals surface area (Å²) in [6.45, 7) is 3.07. The number of carbonyl (C=O) groups excluding carboxylic acids is 3. The van der Waals surface area contributed by atoms with Crippen LogP contribution in [0.4, 0.5) is 15.8 Å². The van der Waals surface area contributed by atoms with Crippen molar-refractivity contribution in [1.29, 1.82) is 0 Å². The Kier molecular flexibility index (Phi) is 9.42. The first-order chi connectivity index (χ1) is 23.1. The standard InChI is InChI=1S/C34H33ClFN7O5/c1-20(44)41-16-13-21(14-17-41)24-3-2-4-26-25(24)15-18-42(32(26)33(46)38-23-7-5-22(6-8-23)34(47)48)30(45)12-9-27-29(43-19-37-39-40-43)11-10-28(35)31(27)36/h2-12,19,21,32,39-40H,13-18H2,1H3,(H,38,46)(H,47,48)/b12-9+. The molecule has 248 valence electrons. The number of hydrazone groups is 1. The number of carboxylic acids is 1.